The standard InChI is InChI=1S/C22H30O6Si/c1-5-26-22(25)16-10-9-11-18(12-16)27-21(24)14-17-13-19(15-20(17)23)28-29(6-2,7-3)8-4/h9-13,19H,5-8,14-15H2,1-4H3. The van der Waals surface area contributed by atoms with Crippen LogP contribution in [0, 0.1) is 0 Å². The van der Waals surface area contributed by atoms with Crippen LogP contribution in [-0.2, 0) is 18.8 Å². The van der Waals surface area contributed by atoms with Gasteiger partial charge in [0.25, 0.3) is 0 Å². The van der Waals surface area contributed by atoms with E-state index in [-0.39, 0.29) is 37.1 Å². The van der Waals surface area contributed by atoms with Gasteiger partial charge in [-0.3, -0.25) is 9.59 Å². The first-order valence-electron chi connectivity index (χ1n) is 10.3. The first kappa shape index (κ1) is 23.0. The molecule has 0 fully saturated rings. The average Bonchev–Trinajstić information content (AvgIpc) is 3.05. The number of hydrogen-bond donors (Lipinski definition) is 0. The lowest BCUT2D eigenvalue weighted by Gasteiger charge is -2.30. The van der Waals surface area contributed by atoms with E-state index in [4.69, 9.17) is 13.9 Å². The van der Waals surface area contributed by atoms with Gasteiger partial charge in [0.05, 0.1) is 24.7 Å². The molecule has 0 saturated heterocycles. The molecule has 1 atom stereocenters. The summed E-state index contributed by atoms with van der Waals surface area (Å²) in [7, 11) is -1.82. The van der Waals surface area contributed by atoms with Crippen LogP contribution in [0.3, 0.4) is 0 Å². The Morgan fingerprint density at radius 1 is 1.10 bits per heavy atom. The predicted molar refractivity (Wildman–Crippen MR) is 112 cm³/mol. The molecule has 1 aliphatic carbocycles. The molecule has 6 nitrogen and oxygen atoms in total. The SMILES string of the molecule is CCOC(=O)c1cccc(OC(=O)CC2=CC(O[Si](CC)(CC)CC)CC2=O)c1. The van der Waals surface area contributed by atoms with Crippen molar-refractivity contribution in [1.82, 2.24) is 0 Å². The van der Waals surface area contributed by atoms with Gasteiger partial charge in [-0.25, -0.2) is 4.79 Å². The van der Waals surface area contributed by atoms with Gasteiger partial charge in [0.1, 0.15) is 5.75 Å². The normalized spacial score (nSPS) is 16.5. The van der Waals surface area contributed by atoms with Crippen molar-refractivity contribution in [2.45, 2.75) is 64.8 Å². The average molecular weight is 419 g/mol. The van der Waals surface area contributed by atoms with Gasteiger partial charge in [-0.15, -0.1) is 0 Å². The number of carbonyl (C=O) groups is 3. The Morgan fingerprint density at radius 3 is 2.41 bits per heavy atom. The Hall–Kier alpha value is -2.25. The summed E-state index contributed by atoms with van der Waals surface area (Å²) in [4.78, 5) is 36.5. The molecule has 0 amide bonds. The van der Waals surface area contributed by atoms with Gasteiger partial charge in [-0.1, -0.05) is 26.8 Å². The Balaban J connectivity index is 2.00. The molecule has 0 heterocycles. The van der Waals surface area contributed by atoms with Crippen molar-refractivity contribution in [2.24, 2.45) is 0 Å². The van der Waals surface area contributed by atoms with E-state index < -0.39 is 20.3 Å². The maximum absolute atomic E-state index is 12.3. The molecule has 1 aromatic carbocycles. The number of carbonyl (C=O) groups excluding carboxylic acids is 3. The zero-order chi connectivity index (χ0) is 21.4. The van der Waals surface area contributed by atoms with Crippen LogP contribution >= 0.6 is 0 Å². The van der Waals surface area contributed by atoms with E-state index in [1.54, 1.807) is 31.2 Å². The number of benzene rings is 1. The second kappa shape index (κ2) is 10.5. The van der Waals surface area contributed by atoms with Crippen LogP contribution in [-0.4, -0.2) is 38.8 Å². The van der Waals surface area contributed by atoms with E-state index in [0.717, 1.165) is 18.1 Å². The van der Waals surface area contributed by atoms with Crippen LogP contribution in [0.25, 0.3) is 0 Å². The maximum Gasteiger partial charge on any atom is 0.338 e. The first-order chi connectivity index (χ1) is 13.9. The van der Waals surface area contributed by atoms with E-state index in [1.165, 1.54) is 6.07 Å². The molecule has 0 aliphatic heterocycles. The maximum atomic E-state index is 12.3. The molecule has 0 aromatic heterocycles. The van der Waals surface area contributed by atoms with E-state index in [2.05, 4.69) is 20.8 Å². The van der Waals surface area contributed by atoms with Crippen LogP contribution in [0.1, 0.15) is 50.9 Å². The second-order valence-electron chi connectivity index (χ2n) is 7.12. The zero-order valence-electron chi connectivity index (χ0n) is 17.7. The molecule has 7 heteroatoms. The molecule has 0 spiro atoms. The van der Waals surface area contributed by atoms with Gasteiger partial charge in [0, 0.05) is 12.0 Å². The summed E-state index contributed by atoms with van der Waals surface area (Å²) in [6.07, 6.45) is 1.71. The van der Waals surface area contributed by atoms with Gasteiger partial charge >= 0.3 is 11.9 Å². The first-order valence-corrected chi connectivity index (χ1v) is 12.8. The van der Waals surface area contributed by atoms with Gasteiger partial charge in [-0.05, 0) is 49.3 Å². The molecule has 1 unspecified atom stereocenters. The fourth-order valence-corrected chi connectivity index (χ4v) is 6.26. The third-order valence-electron chi connectivity index (χ3n) is 5.38. The summed E-state index contributed by atoms with van der Waals surface area (Å²) in [5, 5.41) is 0. The quantitative estimate of drug-likeness (QED) is 0.317. The monoisotopic (exact) mass is 418 g/mol. The van der Waals surface area contributed by atoms with Crippen molar-refractivity contribution in [1.29, 1.82) is 0 Å². The van der Waals surface area contributed by atoms with Crippen molar-refractivity contribution in [3.63, 3.8) is 0 Å². The van der Waals surface area contributed by atoms with E-state index in [9.17, 15) is 14.4 Å². The fourth-order valence-electron chi connectivity index (χ4n) is 3.47. The fraction of sp³-hybridized carbons (Fsp3) is 0.500. The number of esters is 2. The Kier molecular flexibility index (Phi) is 8.34. The number of rotatable bonds is 10. The summed E-state index contributed by atoms with van der Waals surface area (Å²) in [5.74, 6) is -0.849. The predicted octanol–water partition coefficient (Wildman–Crippen LogP) is 4.45. The molecular formula is C22H30O6Si. The minimum absolute atomic E-state index is 0.0709. The Bertz CT molecular complexity index is 773. The van der Waals surface area contributed by atoms with Crippen molar-refractivity contribution >= 4 is 26.0 Å². The van der Waals surface area contributed by atoms with Crippen molar-refractivity contribution in [3.8, 4) is 5.75 Å². The molecule has 2 rings (SSSR count). The lowest BCUT2D eigenvalue weighted by Crippen LogP contribution is -2.39. The summed E-state index contributed by atoms with van der Waals surface area (Å²) in [5.41, 5.74) is 0.745. The van der Waals surface area contributed by atoms with Crippen LogP contribution in [0.2, 0.25) is 18.1 Å². The van der Waals surface area contributed by atoms with Crippen LogP contribution in [0.4, 0.5) is 0 Å². The van der Waals surface area contributed by atoms with E-state index >= 15 is 0 Å². The summed E-state index contributed by atoms with van der Waals surface area (Å²) in [6, 6.07) is 9.26. The molecule has 158 valence electrons. The zero-order valence-corrected chi connectivity index (χ0v) is 18.7. The third kappa shape index (κ3) is 6.11. The smallest absolute Gasteiger partial charge is 0.338 e. The summed E-state index contributed by atoms with van der Waals surface area (Å²) in [6.45, 7) is 8.41. The van der Waals surface area contributed by atoms with Crippen molar-refractivity contribution < 1.29 is 28.3 Å². The minimum Gasteiger partial charge on any atom is -0.462 e. The lowest BCUT2D eigenvalue weighted by atomic mass is 10.1. The van der Waals surface area contributed by atoms with Crippen LogP contribution in [0.5, 0.6) is 5.75 Å². The summed E-state index contributed by atoms with van der Waals surface area (Å²) < 4.78 is 16.6. The third-order valence-corrected chi connectivity index (χ3v) is 10.0. The molecule has 1 aromatic rings. The highest BCUT2D eigenvalue weighted by Crippen LogP contribution is 2.29. The largest absolute Gasteiger partial charge is 0.462 e. The van der Waals surface area contributed by atoms with E-state index in [1.807, 2.05) is 0 Å². The van der Waals surface area contributed by atoms with Gasteiger partial charge in [-0.2, -0.15) is 0 Å². The molecule has 0 bridgehead atoms. The van der Waals surface area contributed by atoms with Gasteiger partial charge < -0.3 is 13.9 Å². The summed E-state index contributed by atoms with van der Waals surface area (Å²) >= 11 is 0. The number of hydrogen-bond acceptors (Lipinski definition) is 6. The van der Waals surface area contributed by atoms with Crippen LogP contribution in [0.15, 0.2) is 35.9 Å². The number of Topliss-reactive ketones (excluding diaryl/α,β-unsaturated/α-hetero) is 1. The lowest BCUT2D eigenvalue weighted by molar-refractivity contribution is -0.134. The second-order valence-corrected chi connectivity index (χ2v) is 11.8. The Labute approximate surface area is 173 Å². The van der Waals surface area contributed by atoms with Crippen LogP contribution < -0.4 is 4.74 Å². The van der Waals surface area contributed by atoms with E-state index in [0.29, 0.717) is 11.1 Å². The molecule has 0 radical (unpaired) electrons. The minimum atomic E-state index is -1.82. The Morgan fingerprint density at radius 2 is 1.79 bits per heavy atom. The molecule has 0 saturated carbocycles. The van der Waals surface area contributed by atoms with Crippen molar-refractivity contribution in [3.05, 3.63) is 41.5 Å². The molecule has 29 heavy (non-hydrogen) atoms. The van der Waals surface area contributed by atoms with Gasteiger partial charge in [0.2, 0.25) is 0 Å². The molecular weight excluding hydrogens is 388 g/mol. The highest BCUT2D eigenvalue weighted by molar-refractivity contribution is 6.73. The van der Waals surface area contributed by atoms with Gasteiger partial charge in [0.15, 0.2) is 14.1 Å². The topological polar surface area (TPSA) is 78.9 Å². The highest BCUT2D eigenvalue weighted by atomic mass is 28.4. The number of ketones is 1. The number of ether oxygens (including phenoxy) is 2. The molecule has 1 aliphatic rings. The van der Waals surface area contributed by atoms with Crippen molar-refractivity contribution in [2.75, 3.05) is 6.61 Å². The highest BCUT2D eigenvalue weighted by Gasteiger charge is 2.35. The molecule has 0 N–H and O–H groups in total.